The Bertz CT molecular complexity index is 732. The SMILES string of the molecule is Cn1c(-c2ccc(CCl)cc2)nc2c(F)cccc21. The molecule has 0 saturated carbocycles. The number of aromatic nitrogens is 2. The largest absolute Gasteiger partial charge is 0.327 e. The van der Waals surface area contributed by atoms with Crippen LogP contribution in [0.25, 0.3) is 22.4 Å². The Kier molecular flexibility index (Phi) is 2.99. The van der Waals surface area contributed by atoms with E-state index in [2.05, 4.69) is 4.98 Å². The van der Waals surface area contributed by atoms with Crippen molar-refractivity contribution in [3.05, 3.63) is 53.8 Å². The highest BCUT2D eigenvalue weighted by molar-refractivity contribution is 6.17. The monoisotopic (exact) mass is 274 g/mol. The lowest BCUT2D eigenvalue weighted by atomic mass is 10.1. The first kappa shape index (κ1) is 12.2. The number of imidazole rings is 1. The average molecular weight is 275 g/mol. The van der Waals surface area contributed by atoms with E-state index >= 15 is 0 Å². The Hall–Kier alpha value is -1.87. The highest BCUT2D eigenvalue weighted by Gasteiger charge is 2.12. The van der Waals surface area contributed by atoms with E-state index in [9.17, 15) is 4.39 Å². The Morgan fingerprint density at radius 1 is 1.16 bits per heavy atom. The Balaban J connectivity index is 2.19. The van der Waals surface area contributed by atoms with Crippen LogP contribution >= 0.6 is 11.6 Å². The summed E-state index contributed by atoms with van der Waals surface area (Å²) in [6.07, 6.45) is 0. The van der Waals surface area contributed by atoms with Crippen molar-refractivity contribution < 1.29 is 4.39 Å². The second-order valence-corrected chi connectivity index (χ2v) is 4.70. The molecule has 0 aliphatic carbocycles. The molecule has 3 aromatic rings. The van der Waals surface area contributed by atoms with Gasteiger partial charge in [0.15, 0.2) is 5.82 Å². The number of para-hydroxylation sites is 1. The van der Waals surface area contributed by atoms with Crippen LogP contribution < -0.4 is 0 Å². The Morgan fingerprint density at radius 2 is 1.89 bits per heavy atom. The van der Waals surface area contributed by atoms with E-state index in [-0.39, 0.29) is 5.82 Å². The predicted molar refractivity (Wildman–Crippen MR) is 75.7 cm³/mol. The second-order valence-electron chi connectivity index (χ2n) is 4.43. The van der Waals surface area contributed by atoms with Crippen molar-refractivity contribution >= 4 is 22.6 Å². The topological polar surface area (TPSA) is 17.8 Å². The van der Waals surface area contributed by atoms with Crippen LogP contribution in [0, 0.1) is 5.82 Å². The lowest BCUT2D eigenvalue weighted by molar-refractivity contribution is 0.637. The Morgan fingerprint density at radius 3 is 2.53 bits per heavy atom. The third kappa shape index (κ3) is 2.00. The van der Waals surface area contributed by atoms with E-state index < -0.39 is 0 Å². The summed E-state index contributed by atoms with van der Waals surface area (Å²) in [5, 5.41) is 0. The molecular weight excluding hydrogens is 263 g/mol. The van der Waals surface area contributed by atoms with Gasteiger partial charge in [-0.05, 0) is 17.7 Å². The van der Waals surface area contributed by atoms with Gasteiger partial charge in [-0.1, -0.05) is 30.3 Å². The molecule has 4 heteroatoms. The van der Waals surface area contributed by atoms with Gasteiger partial charge in [0.25, 0.3) is 0 Å². The molecular formula is C15H12ClFN2. The molecule has 3 rings (SSSR count). The van der Waals surface area contributed by atoms with Gasteiger partial charge in [-0.25, -0.2) is 9.37 Å². The van der Waals surface area contributed by atoms with Gasteiger partial charge >= 0.3 is 0 Å². The van der Waals surface area contributed by atoms with Crippen LogP contribution in [0.15, 0.2) is 42.5 Å². The van der Waals surface area contributed by atoms with Gasteiger partial charge in [0.1, 0.15) is 11.3 Å². The summed E-state index contributed by atoms with van der Waals surface area (Å²) in [6, 6.07) is 12.8. The zero-order chi connectivity index (χ0) is 13.4. The van der Waals surface area contributed by atoms with Crippen molar-refractivity contribution in [3.8, 4) is 11.4 Å². The van der Waals surface area contributed by atoms with Gasteiger partial charge in [0, 0.05) is 18.5 Å². The molecule has 0 N–H and O–H groups in total. The minimum absolute atomic E-state index is 0.295. The first-order valence-corrected chi connectivity index (χ1v) is 6.50. The zero-order valence-corrected chi connectivity index (χ0v) is 11.2. The zero-order valence-electron chi connectivity index (χ0n) is 10.4. The molecule has 0 aliphatic heterocycles. The number of nitrogens with zero attached hydrogens (tertiary/aromatic N) is 2. The molecule has 96 valence electrons. The van der Waals surface area contributed by atoms with Crippen LogP contribution in [-0.4, -0.2) is 9.55 Å². The Labute approximate surface area is 115 Å². The molecule has 0 unspecified atom stereocenters. The van der Waals surface area contributed by atoms with E-state index in [1.54, 1.807) is 6.07 Å². The molecule has 19 heavy (non-hydrogen) atoms. The van der Waals surface area contributed by atoms with E-state index in [1.165, 1.54) is 6.07 Å². The van der Waals surface area contributed by atoms with Crippen molar-refractivity contribution in [3.63, 3.8) is 0 Å². The third-order valence-electron chi connectivity index (χ3n) is 3.23. The van der Waals surface area contributed by atoms with Crippen molar-refractivity contribution in [1.82, 2.24) is 9.55 Å². The van der Waals surface area contributed by atoms with Crippen molar-refractivity contribution in [1.29, 1.82) is 0 Å². The van der Waals surface area contributed by atoms with Crippen LogP contribution in [0.2, 0.25) is 0 Å². The fourth-order valence-electron chi connectivity index (χ4n) is 2.18. The summed E-state index contributed by atoms with van der Waals surface area (Å²) in [5.74, 6) is 0.940. The highest BCUT2D eigenvalue weighted by atomic mass is 35.5. The molecule has 2 aromatic carbocycles. The fourth-order valence-corrected chi connectivity index (χ4v) is 2.36. The predicted octanol–water partition coefficient (Wildman–Crippen LogP) is 4.12. The van der Waals surface area contributed by atoms with Crippen molar-refractivity contribution in [2.45, 2.75) is 5.88 Å². The molecule has 0 bridgehead atoms. The normalized spacial score (nSPS) is 11.1. The minimum atomic E-state index is -0.295. The molecule has 0 radical (unpaired) electrons. The summed E-state index contributed by atoms with van der Waals surface area (Å²) >= 11 is 5.77. The van der Waals surface area contributed by atoms with Crippen LogP contribution in [0.5, 0.6) is 0 Å². The molecule has 1 aromatic heterocycles. The molecule has 2 nitrogen and oxygen atoms in total. The van der Waals surface area contributed by atoms with Crippen molar-refractivity contribution in [2.24, 2.45) is 7.05 Å². The maximum Gasteiger partial charge on any atom is 0.151 e. The van der Waals surface area contributed by atoms with E-state index in [0.29, 0.717) is 11.4 Å². The minimum Gasteiger partial charge on any atom is -0.327 e. The van der Waals surface area contributed by atoms with E-state index in [0.717, 1.165) is 22.5 Å². The maximum atomic E-state index is 13.7. The lowest BCUT2D eigenvalue weighted by Crippen LogP contribution is -1.92. The molecule has 0 spiro atoms. The molecule has 0 fully saturated rings. The molecule has 1 heterocycles. The summed E-state index contributed by atoms with van der Waals surface area (Å²) < 4.78 is 15.6. The average Bonchev–Trinajstić information content (AvgIpc) is 2.78. The number of fused-ring (bicyclic) bond motifs is 1. The number of hydrogen-bond acceptors (Lipinski definition) is 1. The van der Waals surface area contributed by atoms with Gasteiger partial charge < -0.3 is 4.57 Å². The van der Waals surface area contributed by atoms with Crippen LogP contribution in [-0.2, 0) is 12.9 Å². The summed E-state index contributed by atoms with van der Waals surface area (Å²) in [4.78, 5) is 4.39. The number of alkyl halides is 1. The number of halogens is 2. The summed E-state index contributed by atoms with van der Waals surface area (Å²) in [6.45, 7) is 0. The number of benzene rings is 2. The molecule has 0 aliphatic rings. The molecule has 0 amide bonds. The number of rotatable bonds is 2. The van der Waals surface area contributed by atoms with E-state index in [4.69, 9.17) is 11.6 Å². The summed E-state index contributed by atoms with van der Waals surface area (Å²) in [7, 11) is 1.89. The second kappa shape index (κ2) is 4.67. The molecule has 0 atom stereocenters. The fraction of sp³-hybridized carbons (Fsp3) is 0.133. The lowest BCUT2D eigenvalue weighted by Gasteiger charge is -2.03. The van der Waals surface area contributed by atoms with Gasteiger partial charge in [-0.2, -0.15) is 0 Å². The van der Waals surface area contributed by atoms with Gasteiger partial charge in [0.05, 0.1) is 5.52 Å². The van der Waals surface area contributed by atoms with Crippen LogP contribution in [0.3, 0.4) is 0 Å². The quantitative estimate of drug-likeness (QED) is 0.643. The number of hydrogen-bond donors (Lipinski definition) is 0. The maximum absolute atomic E-state index is 13.7. The molecule has 0 saturated heterocycles. The van der Waals surface area contributed by atoms with Crippen LogP contribution in [0.4, 0.5) is 4.39 Å². The van der Waals surface area contributed by atoms with Gasteiger partial charge in [-0.3, -0.25) is 0 Å². The van der Waals surface area contributed by atoms with E-state index in [1.807, 2.05) is 41.9 Å². The van der Waals surface area contributed by atoms with Gasteiger partial charge in [0.2, 0.25) is 0 Å². The smallest absolute Gasteiger partial charge is 0.151 e. The van der Waals surface area contributed by atoms with Crippen LogP contribution in [0.1, 0.15) is 5.56 Å². The third-order valence-corrected chi connectivity index (χ3v) is 3.54. The first-order valence-electron chi connectivity index (χ1n) is 5.97. The highest BCUT2D eigenvalue weighted by Crippen LogP contribution is 2.25. The van der Waals surface area contributed by atoms with Gasteiger partial charge in [-0.15, -0.1) is 11.6 Å². The number of aryl methyl sites for hydroxylation is 1. The standard InChI is InChI=1S/C15H12ClFN2/c1-19-13-4-2-3-12(17)14(13)18-15(19)11-7-5-10(9-16)6-8-11/h2-8H,9H2,1H3. The summed E-state index contributed by atoms with van der Waals surface area (Å²) in [5.41, 5.74) is 3.19. The first-order chi connectivity index (χ1) is 9.20. The van der Waals surface area contributed by atoms with Crippen molar-refractivity contribution in [2.75, 3.05) is 0 Å².